The van der Waals surface area contributed by atoms with Gasteiger partial charge in [0, 0.05) is 28.4 Å². The Morgan fingerprint density at radius 1 is 1.06 bits per heavy atom. The third-order valence-electron chi connectivity index (χ3n) is 3.48. The molecule has 0 fully saturated rings. The van der Waals surface area contributed by atoms with Gasteiger partial charge in [-0.15, -0.1) is 6.58 Å². The van der Waals surface area contributed by atoms with Gasteiger partial charge < -0.3 is 4.57 Å². The second-order valence-electron chi connectivity index (χ2n) is 4.77. The van der Waals surface area contributed by atoms with Crippen molar-refractivity contribution in [3.8, 4) is 0 Å². The van der Waals surface area contributed by atoms with Crippen molar-refractivity contribution < 1.29 is 0 Å². The van der Waals surface area contributed by atoms with E-state index in [0.29, 0.717) is 0 Å². The van der Waals surface area contributed by atoms with Gasteiger partial charge in [-0.25, -0.2) is 0 Å². The fraction of sp³-hybridized carbons (Fsp3) is 0.176. The van der Waals surface area contributed by atoms with Crippen LogP contribution in [0.25, 0.3) is 21.8 Å². The van der Waals surface area contributed by atoms with Crippen LogP contribution in [0.3, 0.4) is 0 Å². The lowest BCUT2D eigenvalue weighted by Gasteiger charge is -2.05. The van der Waals surface area contributed by atoms with Gasteiger partial charge in [-0.1, -0.05) is 35.9 Å². The summed E-state index contributed by atoms with van der Waals surface area (Å²) < 4.78 is 2.39. The van der Waals surface area contributed by atoms with Gasteiger partial charge in [0.05, 0.1) is 0 Å². The van der Waals surface area contributed by atoms with E-state index in [0.717, 1.165) is 13.0 Å². The Balaban J connectivity index is 2.38. The van der Waals surface area contributed by atoms with Crippen LogP contribution in [0, 0.1) is 6.92 Å². The Bertz CT molecular complexity index is 719. The quantitative estimate of drug-likeness (QED) is 0.581. The summed E-state index contributed by atoms with van der Waals surface area (Å²) in [6.07, 6.45) is 2.98. The van der Waals surface area contributed by atoms with Crippen LogP contribution < -0.4 is 0 Å². The predicted octanol–water partition coefficient (Wildman–Crippen LogP) is 4.68. The molecule has 0 atom stereocenters. The van der Waals surface area contributed by atoms with E-state index in [1.807, 2.05) is 6.08 Å². The molecule has 1 nitrogen and oxygen atoms in total. The van der Waals surface area contributed by atoms with Crippen molar-refractivity contribution in [2.24, 2.45) is 0 Å². The molecule has 0 saturated heterocycles. The first-order chi connectivity index (χ1) is 8.81. The Morgan fingerprint density at radius 2 is 1.83 bits per heavy atom. The molecule has 3 aromatic rings. The summed E-state index contributed by atoms with van der Waals surface area (Å²) in [5, 5.41) is 2.70. The van der Waals surface area contributed by atoms with Gasteiger partial charge >= 0.3 is 0 Å². The lowest BCUT2D eigenvalue weighted by molar-refractivity contribution is 0.763. The third kappa shape index (κ3) is 1.63. The summed E-state index contributed by atoms with van der Waals surface area (Å²) in [6.45, 7) is 6.97. The molecule has 0 spiro atoms. The van der Waals surface area contributed by atoms with E-state index >= 15 is 0 Å². The van der Waals surface area contributed by atoms with Crippen molar-refractivity contribution in [2.75, 3.05) is 0 Å². The number of fused-ring (bicyclic) bond motifs is 3. The number of aromatic nitrogens is 1. The third-order valence-corrected chi connectivity index (χ3v) is 3.48. The lowest BCUT2D eigenvalue weighted by Crippen LogP contribution is -1.95. The van der Waals surface area contributed by atoms with Crippen LogP contribution in [-0.4, -0.2) is 4.57 Å². The first kappa shape index (κ1) is 11.1. The topological polar surface area (TPSA) is 4.93 Å². The minimum absolute atomic E-state index is 0.997. The maximum Gasteiger partial charge on any atom is 0.0491 e. The van der Waals surface area contributed by atoms with E-state index in [4.69, 9.17) is 0 Å². The monoisotopic (exact) mass is 235 g/mol. The summed E-state index contributed by atoms with van der Waals surface area (Å²) in [5.41, 5.74) is 3.96. The van der Waals surface area contributed by atoms with Crippen molar-refractivity contribution in [1.82, 2.24) is 4.57 Å². The van der Waals surface area contributed by atoms with Crippen molar-refractivity contribution in [1.29, 1.82) is 0 Å². The summed E-state index contributed by atoms with van der Waals surface area (Å²) in [5.74, 6) is 0. The fourth-order valence-corrected chi connectivity index (χ4v) is 2.63. The highest BCUT2D eigenvalue weighted by molar-refractivity contribution is 6.08. The highest BCUT2D eigenvalue weighted by Crippen LogP contribution is 2.29. The molecule has 0 amide bonds. The van der Waals surface area contributed by atoms with Gasteiger partial charge in [-0.05, 0) is 31.5 Å². The second kappa shape index (κ2) is 4.34. The van der Waals surface area contributed by atoms with Crippen LogP contribution >= 0.6 is 0 Å². The molecule has 0 aliphatic heterocycles. The first-order valence-electron chi connectivity index (χ1n) is 6.40. The molecule has 0 aliphatic rings. The molecule has 0 radical (unpaired) electrons. The zero-order valence-corrected chi connectivity index (χ0v) is 10.7. The molecule has 1 heteroatoms. The van der Waals surface area contributed by atoms with Crippen molar-refractivity contribution in [3.05, 3.63) is 60.7 Å². The summed E-state index contributed by atoms with van der Waals surface area (Å²) >= 11 is 0. The van der Waals surface area contributed by atoms with Crippen molar-refractivity contribution >= 4 is 21.8 Å². The molecular weight excluding hydrogens is 218 g/mol. The number of allylic oxidation sites excluding steroid dienone is 1. The van der Waals surface area contributed by atoms with Gasteiger partial charge in [0.15, 0.2) is 0 Å². The molecular formula is C17H17N. The fourth-order valence-electron chi connectivity index (χ4n) is 2.63. The average Bonchev–Trinajstić information content (AvgIpc) is 2.70. The van der Waals surface area contributed by atoms with E-state index in [-0.39, 0.29) is 0 Å². The minimum Gasteiger partial charge on any atom is -0.340 e. The van der Waals surface area contributed by atoms with E-state index in [9.17, 15) is 0 Å². The maximum atomic E-state index is 3.82. The van der Waals surface area contributed by atoms with Crippen LogP contribution in [0.4, 0.5) is 0 Å². The Hall–Kier alpha value is -2.02. The van der Waals surface area contributed by atoms with E-state index in [1.54, 1.807) is 0 Å². The predicted molar refractivity (Wildman–Crippen MR) is 79.0 cm³/mol. The van der Waals surface area contributed by atoms with Gasteiger partial charge in [0.2, 0.25) is 0 Å². The van der Waals surface area contributed by atoms with Crippen LogP contribution in [0.15, 0.2) is 55.1 Å². The van der Waals surface area contributed by atoms with Crippen LogP contribution in [0.2, 0.25) is 0 Å². The van der Waals surface area contributed by atoms with Crippen molar-refractivity contribution in [3.63, 3.8) is 0 Å². The maximum absolute atomic E-state index is 3.82. The van der Waals surface area contributed by atoms with Gasteiger partial charge in [0.25, 0.3) is 0 Å². The second-order valence-corrected chi connectivity index (χ2v) is 4.77. The number of rotatable bonds is 3. The standard InChI is InChI=1S/C17H17N/c1-3-4-11-18-16-8-6-5-7-14(16)15-12-13(2)9-10-17(15)18/h3,5-10,12H,1,4,11H2,2H3. The van der Waals surface area contributed by atoms with Gasteiger partial charge in [-0.2, -0.15) is 0 Å². The first-order valence-corrected chi connectivity index (χ1v) is 6.40. The number of benzene rings is 2. The molecule has 1 aromatic heterocycles. The molecule has 90 valence electrons. The largest absolute Gasteiger partial charge is 0.340 e. The summed E-state index contributed by atoms with van der Waals surface area (Å²) in [4.78, 5) is 0. The normalized spacial score (nSPS) is 11.2. The molecule has 0 N–H and O–H groups in total. The molecule has 2 aromatic carbocycles. The minimum atomic E-state index is 0.997. The number of para-hydroxylation sites is 1. The van der Waals surface area contributed by atoms with Crippen LogP contribution in [0.5, 0.6) is 0 Å². The lowest BCUT2D eigenvalue weighted by atomic mass is 10.1. The van der Waals surface area contributed by atoms with Crippen LogP contribution in [0.1, 0.15) is 12.0 Å². The Labute approximate surface area is 107 Å². The number of nitrogens with zero attached hydrogens (tertiary/aromatic N) is 1. The smallest absolute Gasteiger partial charge is 0.0491 e. The van der Waals surface area contributed by atoms with E-state index < -0.39 is 0 Å². The van der Waals surface area contributed by atoms with Gasteiger partial charge in [-0.3, -0.25) is 0 Å². The Morgan fingerprint density at radius 3 is 2.67 bits per heavy atom. The molecule has 0 unspecified atom stereocenters. The molecule has 0 saturated carbocycles. The number of hydrogen-bond acceptors (Lipinski definition) is 0. The summed E-state index contributed by atoms with van der Waals surface area (Å²) in [7, 11) is 0. The van der Waals surface area contributed by atoms with E-state index in [1.165, 1.54) is 27.4 Å². The molecule has 0 aliphatic carbocycles. The highest BCUT2D eigenvalue weighted by Gasteiger charge is 2.09. The van der Waals surface area contributed by atoms with Crippen LogP contribution in [-0.2, 0) is 6.54 Å². The SMILES string of the molecule is C=CCCn1c2ccccc2c2cc(C)ccc21. The zero-order chi connectivity index (χ0) is 12.5. The summed E-state index contributed by atoms with van der Waals surface area (Å²) in [6, 6.07) is 15.3. The van der Waals surface area contributed by atoms with Gasteiger partial charge in [0.1, 0.15) is 0 Å². The highest BCUT2D eigenvalue weighted by atomic mass is 15.0. The number of aryl methyl sites for hydroxylation is 2. The number of hydrogen-bond donors (Lipinski definition) is 0. The molecule has 18 heavy (non-hydrogen) atoms. The molecule has 1 heterocycles. The Kier molecular flexibility index (Phi) is 2.67. The molecule has 3 rings (SSSR count). The average molecular weight is 235 g/mol. The zero-order valence-electron chi connectivity index (χ0n) is 10.7. The molecule has 0 bridgehead atoms. The van der Waals surface area contributed by atoms with Crippen molar-refractivity contribution in [2.45, 2.75) is 19.9 Å². The van der Waals surface area contributed by atoms with E-state index in [2.05, 4.69) is 60.5 Å².